The molecule has 0 bridgehead atoms. The van der Waals surface area contributed by atoms with E-state index in [2.05, 4.69) is 35.7 Å². The van der Waals surface area contributed by atoms with Gasteiger partial charge in [-0.25, -0.2) is 0 Å². The van der Waals surface area contributed by atoms with Crippen LogP contribution in [0.2, 0.25) is 0 Å². The molecule has 0 spiro atoms. The van der Waals surface area contributed by atoms with Gasteiger partial charge in [0.25, 0.3) is 0 Å². The molecule has 96 valence electrons. The van der Waals surface area contributed by atoms with Crippen LogP contribution in [0.15, 0.2) is 24.3 Å². The summed E-state index contributed by atoms with van der Waals surface area (Å²) in [7, 11) is 0. The van der Waals surface area contributed by atoms with Crippen LogP contribution in [-0.4, -0.2) is 13.1 Å². The molecule has 0 radical (unpaired) electrons. The van der Waals surface area contributed by atoms with Crippen LogP contribution in [0.1, 0.15) is 49.1 Å². The summed E-state index contributed by atoms with van der Waals surface area (Å²) < 4.78 is 0. The van der Waals surface area contributed by atoms with Gasteiger partial charge < -0.3 is 5.32 Å². The smallest absolute Gasteiger partial charge is 0.0841 e. The Balaban J connectivity index is 1.83. The minimum Gasteiger partial charge on any atom is -0.304 e. The Morgan fingerprint density at radius 1 is 1.11 bits per heavy atom. The molecule has 18 heavy (non-hydrogen) atoms. The predicted octanol–water partition coefficient (Wildman–Crippen LogP) is 3.39. The van der Waals surface area contributed by atoms with Gasteiger partial charge in [-0.15, -0.1) is 0 Å². The van der Waals surface area contributed by atoms with Crippen LogP contribution in [0.4, 0.5) is 0 Å². The molecule has 2 rings (SSSR count). The molecule has 0 aromatic heterocycles. The van der Waals surface area contributed by atoms with Crippen molar-refractivity contribution < 1.29 is 0 Å². The van der Waals surface area contributed by atoms with Crippen LogP contribution in [-0.2, 0) is 6.42 Å². The van der Waals surface area contributed by atoms with E-state index >= 15 is 0 Å². The van der Waals surface area contributed by atoms with E-state index in [1.165, 1.54) is 43.2 Å². The van der Waals surface area contributed by atoms with Gasteiger partial charge in [0.15, 0.2) is 0 Å². The van der Waals surface area contributed by atoms with Crippen LogP contribution in [0.3, 0.4) is 0 Å². The number of hydrogen-bond donors (Lipinski definition) is 1. The topological polar surface area (TPSA) is 35.8 Å². The predicted molar refractivity (Wildman–Crippen MR) is 74.5 cm³/mol. The number of benzene rings is 1. The first kappa shape index (κ1) is 13.1. The first-order chi connectivity index (χ1) is 8.90. The van der Waals surface area contributed by atoms with Gasteiger partial charge >= 0.3 is 0 Å². The summed E-state index contributed by atoms with van der Waals surface area (Å²) in [6.45, 7) is 1.33. The first-order valence-electron chi connectivity index (χ1n) is 7.06. The summed E-state index contributed by atoms with van der Waals surface area (Å²) in [5, 5.41) is 11.5. The third kappa shape index (κ3) is 3.85. The van der Waals surface area contributed by atoms with E-state index in [0.717, 1.165) is 18.9 Å². The van der Waals surface area contributed by atoms with Gasteiger partial charge in [0.05, 0.1) is 12.6 Å². The summed E-state index contributed by atoms with van der Waals surface area (Å²) in [6.07, 6.45) is 7.94. The quantitative estimate of drug-likeness (QED) is 0.634. The molecule has 0 unspecified atom stereocenters. The highest BCUT2D eigenvalue weighted by atomic mass is 14.8. The Kier molecular flexibility index (Phi) is 5.23. The molecular formula is C16H22N2. The lowest BCUT2D eigenvalue weighted by Gasteiger charge is -2.22. The van der Waals surface area contributed by atoms with Gasteiger partial charge in [0.1, 0.15) is 0 Å². The number of nitriles is 1. The Bertz CT molecular complexity index is 383. The fourth-order valence-electron chi connectivity index (χ4n) is 2.77. The molecule has 1 saturated carbocycles. The highest BCUT2D eigenvalue weighted by Gasteiger charge is 2.14. The summed E-state index contributed by atoms with van der Waals surface area (Å²) in [5.74, 6) is 0.796. The summed E-state index contributed by atoms with van der Waals surface area (Å²) >= 11 is 0. The molecule has 1 aliphatic carbocycles. The Labute approximate surface area is 110 Å². The average molecular weight is 242 g/mol. The molecule has 1 N–H and O–H groups in total. The maximum atomic E-state index is 8.43. The number of nitrogens with zero attached hydrogens (tertiary/aromatic N) is 1. The van der Waals surface area contributed by atoms with Crippen molar-refractivity contribution >= 4 is 0 Å². The van der Waals surface area contributed by atoms with Crippen molar-refractivity contribution in [3.05, 3.63) is 35.4 Å². The highest BCUT2D eigenvalue weighted by molar-refractivity contribution is 5.26. The zero-order valence-corrected chi connectivity index (χ0v) is 11.0. The van der Waals surface area contributed by atoms with E-state index in [9.17, 15) is 0 Å². The van der Waals surface area contributed by atoms with Crippen molar-refractivity contribution in [2.75, 3.05) is 13.1 Å². The second kappa shape index (κ2) is 7.18. The van der Waals surface area contributed by atoms with Crippen molar-refractivity contribution in [1.82, 2.24) is 5.32 Å². The largest absolute Gasteiger partial charge is 0.304 e. The van der Waals surface area contributed by atoms with Gasteiger partial charge in [-0.2, -0.15) is 5.26 Å². The molecule has 1 aromatic carbocycles. The molecule has 0 saturated heterocycles. The van der Waals surface area contributed by atoms with Crippen LogP contribution in [0, 0.1) is 11.3 Å². The number of rotatable bonds is 5. The van der Waals surface area contributed by atoms with Gasteiger partial charge in [0.2, 0.25) is 0 Å². The van der Waals surface area contributed by atoms with E-state index in [1.54, 1.807) is 0 Å². The SMILES string of the molecule is N#CCNCCc1ccc(C2CCCCC2)cc1. The second-order valence-electron chi connectivity index (χ2n) is 5.16. The van der Waals surface area contributed by atoms with E-state index in [-0.39, 0.29) is 0 Å². The summed E-state index contributed by atoms with van der Waals surface area (Å²) in [6, 6.07) is 11.2. The minimum atomic E-state index is 0.445. The Morgan fingerprint density at radius 3 is 2.50 bits per heavy atom. The second-order valence-corrected chi connectivity index (χ2v) is 5.16. The zero-order valence-electron chi connectivity index (χ0n) is 11.0. The van der Waals surface area contributed by atoms with E-state index in [0.29, 0.717) is 6.54 Å². The minimum absolute atomic E-state index is 0.445. The van der Waals surface area contributed by atoms with Crippen molar-refractivity contribution in [2.24, 2.45) is 0 Å². The zero-order chi connectivity index (χ0) is 12.6. The number of hydrogen-bond acceptors (Lipinski definition) is 2. The monoisotopic (exact) mass is 242 g/mol. The van der Waals surface area contributed by atoms with E-state index in [1.807, 2.05) is 0 Å². The third-order valence-corrected chi connectivity index (χ3v) is 3.85. The van der Waals surface area contributed by atoms with Crippen molar-refractivity contribution in [2.45, 2.75) is 44.4 Å². The third-order valence-electron chi connectivity index (χ3n) is 3.85. The van der Waals surface area contributed by atoms with Crippen molar-refractivity contribution in [3.63, 3.8) is 0 Å². The van der Waals surface area contributed by atoms with E-state index in [4.69, 9.17) is 5.26 Å². The first-order valence-corrected chi connectivity index (χ1v) is 7.06. The highest BCUT2D eigenvalue weighted by Crippen LogP contribution is 2.32. The molecule has 0 heterocycles. The van der Waals surface area contributed by atoms with Crippen LogP contribution >= 0.6 is 0 Å². The molecule has 0 aliphatic heterocycles. The van der Waals surface area contributed by atoms with E-state index < -0.39 is 0 Å². The molecule has 0 atom stereocenters. The van der Waals surface area contributed by atoms with Gasteiger partial charge in [0, 0.05) is 6.54 Å². The molecule has 1 aromatic rings. The standard InChI is InChI=1S/C16H22N2/c17-11-13-18-12-10-14-6-8-16(9-7-14)15-4-2-1-3-5-15/h6-9,15,18H,1-5,10,12-13H2. The molecule has 2 nitrogen and oxygen atoms in total. The van der Waals surface area contributed by atoms with Gasteiger partial charge in [-0.3, -0.25) is 0 Å². The fraction of sp³-hybridized carbons (Fsp3) is 0.562. The number of nitrogens with one attached hydrogen (secondary N) is 1. The van der Waals surface area contributed by atoms with Gasteiger partial charge in [-0.1, -0.05) is 43.5 Å². The van der Waals surface area contributed by atoms with Crippen LogP contribution < -0.4 is 5.32 Å². The Morgan fingerprint density at radius 2 is 1.83 bits per heavy atom. The molecule has 1 fully saturated rings. The van der Waals surface area contributed by atoms with Crippen molar-refractivity contribution in [3.8, 4) is 6.07 Å². The normalized spacial score (nSPS) is 16.4. The molecule has 2 heteroatoms. The summed E-state index contributed by atoms with van der Waals surface area (Å²) in [4.78, 5) is 0. The molecule has 0 amide bonds. The van der Waals surface area contributed by atoms with Crippen LogP contribution in [0.25, 0.3) is 0 Å². The Hall–Kier alpha value is -1.33. The lowest BCUT2D eigenvalue weighted by Crippen LogP contribution is -2.17. The molecular weight excluding hydrogens is 220 g/mol. The fourth-order valence-corrected chi connectivity index (χ4v) is 2.77. The lowest BCUT2D eigenvalue weighted by molar-refractivity contribution is 0.443. The van der Waals surface area contributed by atoms with Gasteiger partial charge in [-0.05, 0) is 36.3 Å². The lowest BCUT2D eigenvalue weighted by atomic mass is 9.84. The maximum absolute atomic E-state index is 8.43. The van der Waals surface area contributed by atoms with Crippen molar-refractivity contribution in [1.29, 1.82) is 5.26 Å². The molecule has 1 aliphatic rings. The average Bonchev–Trinajstić information content (AvgIpc) is 2.45. The maximum Gasteiger partial charge on any atom is 0.0841 e. The summed E-state index contributed by atoms with van der Waals surface area (Å²) in [5.41, 5.74) is 2.88. The van der Waals surface area contributed by atoms with Crippen LogP contribution in [0.5, 0.6) is 0 Å².